The van der Waals surface area contributed by atoms with Crippen LogP contribution in [0.25, 0.3) is 0 Å². The first-order chi connectivity index (χ1) is 4.81. The number of aliphatic hydroxyl groups is 2. The molecule has 60 valence electrons. The largest absolute Gasteiger partial charge is 0.394 e. The fourth-order valence-corrected chi connectivity index (χ4v) is 0.516. The third-order valence-corrected chi connectivity index (χ3v) is 1.09. The van der Waals surface area contributed by atoms with Crippen molar-refractivity contribution in [3.8, 4) is 0 Å². The normalized spacial score (nSPS) is 14.3. The molecule has 0 aromatic carbocycles. The van der Waals surface area contributed by atoms with Crippen LogP contribution in [0.1, 0.15) is 6.92 Å². The summed E-state index contributed by atoms with van der Waals surface area (Å²) in [6, 6.07) is 0. The zero-order chi connectivity index (χ0) is 7.82. The lowest BCUT2D eigenvalue weighted by atomic mass is 10.4. The first-order valence-electron chi connectivity index (χ1n) is 3.42. The molecule has 0 rings (SSSR count). The van der Waals surface area contributed by atoms with Gasteiger partial charge in [0.2, 0.25) is 0 Å². The molecule has 0 saturated carbocycles. The van der Waals surface area contributed by atoms with Crippen molar-refractivity contribution >= 4 is 0 Å². The lowest BCUT2D eigenvalue weighted by Gasteiger charge is -2.05. The lowest BCUT2D eigenvalue weighted by molar-refractivity contribution is 0.0953. The van der Waals surface area contributed by atoms with Gasteiger partial charge >= 0.3 is 0 Å². The van der Waals surface area contributed by atoms with Crippen molar-refractivity contribution in [3.05, 3.63) is 12.2 Å². The predicted molar refractivity (Wildman–Crippen MR) is 40.8 cm³/mol. The molecule has 3 nitrogen and oxygen atoms in total. The van der Waals surface area contributed by atoms with E-state index in [1.165, 1.54) is 0 Å². The molecule has 0 fully saturated rings. The van der Waals surface area contributed by atoms with Crippen LogP contribution in [0.3, 0.4) is 0 Å². The van der Waals surface area contributed by atoms with Crippen molar-refractivity contribution in [2.24, 2.45) is 0 Å². The Kier molecular flexibility index (Phi) is 6.48. The summed E-state index contributed by atoms with van der Waals surface area (Å²) in [4.78, 5) is 0. The lowest BCUT2D eigenvalue weighted by Crippen LogP contribution is -2.29. The molecule has 0 aromatic heterocycles. The Morgan fingerprint density at radius 2 is 2.30 bits per heavy atom. The number of aliphatic hydroxyl groups excluding tert-OH is 2. The SMILES string of the molecule is C/C=C/CNCC(O)CO. The molecule has 3 heteroatoms. The molecule has 0 aliphatic heterocycles. The second kappa shape index (κ2) is 6.74. The molecule has 0 aliphatic rings. The van der Waals surface area contributed by atoms with Crippen LogP contribution >= 0.6 is 0 Å². The average molecular weight is 145 g/mol. The van der Waals surface area contributed by atoms with Gasteiger partial charge in [-0.1, -0.05) is 12.2 Å². The Morgan fingerprint density at radius 3 is 2.80 bits per heavy atom. The Bertz CT molecular complexity index is 93.6. The summed E-state index contributed by atoms with van der Waals surface area (Å²) in [5.74, 6) is 0. The maximum atomic E-state index is 8.82. The van der Waals surface area contributed by atoms with E-state index in [2.05, 4.69) is 5.32 Å². The van der Waals surface area contributed by atoms with E-state index < -0.39 is 6.10 Å². The Hall–Kier alpha value is -0.380. The molecular weight excluding hydrogens is 130 g/mol. The second-order valence-electron chi connectivity index (χ2n) is 2.06. The summed E-state index contributed by atoms with van der Waals surface area (Å²) in [6.45, 7) is 2.95. The van der Waals surface area contributed by atoms with Gasteiger partial charge in [0, 0.05) is 13.1 Å². The number of nitrogens with one attached hydrogen (secondary N) is 1. The summed E-state index contributed by atoms with van der Waals surface area (Å²) in [6.07, 6.45) is 3.24. The molecule has 0 amide bonds. The van der Waals surface area contributed by atoms with Gasteiger partial charge in [-0.2, -0.15) is 0 Å². The molecule has 1 unspecified atom stereocenters. The van der Waals surface area contributed by atoms with Gasteiger partial charge in [-0.05, 0) is 6.92 Å². The van der Waals surface area contributed by atoms with Crippen molar-refractivity contribution in [1.29, 1.82) is 0 Å². The van der Waals surface area contributed by atoms with E-state index in [9.17, 15) is 0 Å². The van der Waals surface area contributed by atoms with Crippen LogP contribution in [-0.4, -0.2) is 36.0 Å². The van der Waals surface area contributed by atoms with Gasteiger partial charge in [-0.25, -0.2) is 0 Å². The van der Waals surface area contributed by atoms with Gasteiger partial charge in [0.05, 0.1) is 12.7 Å². The van der Waals surface area contributed by atoms with Gasteiger partial charge in [-0.3, -0.25) is 0 Å². The van der Waals surface area contributed by atoms with Gasteiger partial charge in [0.15, 0.2) is 0 Å². The summed E-state index contributed by atoms with van der Waals surface area (Å²) in [5, 5.41) is 20.1. The van der Waals surface area contributed by atoms with Crippen LogP contribution in [0, 0.1) is 0 Å². The van der Waals surface area contributed by atoms with Gasteiger partial charge in [0.1, 0.15) is 0 Å². The van der Waals surface area contributed by atoms with E-state index in [0.29, 0.717) is 6.54 Å². The minimum Gasteiger partial charge on any atom is -0.394 e. The molecule has 0 saturated heterocycles. The maximum absolute atomic E-state index is 8.82. The van der Waals surface area contributed by atoms with E-state index >= 15 is 0 Å². The molecule has 0 aromatic rings. The molecule has 10 heavy (non-hydrogen) atoms. The van der Waals surface area contributed by atoms with Crippen molar-refractivity contribution in [2.45, 2.75) is 13.0 Å². The number of hydrogen-bond acceptors (Lipinski definition) is 3. The minimum absolute atomic E-state index is 0.178. The van der Waals surface area contributed by atoms with E-state index in [4.69, 9.17) is 10.2 Å². The minimum atomic E-state index is -0.634. The molecule has 0 heterocycles. The standard InChI is InChI=1S/C7H15NO2/c1-2-3-4-8-5-7(10)6-9/h2-3,7-10H,4-6H2,1H3/b3-2+. The Balaban J connectivity index is 3.03. The van der Waals surface area contributed by atoms with Crippen molar-refractivity contribution in [1.82, 2.24) is 5.32 Å². The highest BCUT2D eigenvalue weighted by Crippen LogP contribution is 1.76. The third kappa shape index (κ3) is 5.75. The second-order valence-corrected chi connectivity index (χ2v) is 2.06. The first-order valence-corrected chi connectivity index (χ1v) is 3.42. The highest BCUT2D eigenvalue weighted by molar-refractivity contribution is 4.79. The quantitative estimate of drug-likeness (QED) is 0.361. The average Bonchev–Trinajstić information content (AvgIpc) is 1.98. The Morgan fingerprint density at radius 1 is 1.60 bits per heavy atom. The summed E-state index contributed by atoms with van der Waals surface area (Å²) in [5.41, 5.74) is 0. The van der Waals surface area contributed by atoms with Crippen molar-refractivity contribution in [2.75, 3.05) is 19.7 Å². The van der Waals surface area contributed by atoms with Crippen molar-refractivity contribution < 1.29 is 10.2 Å². The van der Waals surface area contributed by atoms with Crippen LogP contribution in [0.2, 0.25) is 0 Å². The Labute approximate surface area is 61.4 Å². The smallest absolute Gasteiger partial charge is 0.0895 e. The molecule has 0 radical (unpaired) electrons. The zero-order valence-electron chi connectivity index (χ0n) is 6.25. The topological polar surface area (TPSA) is 52.5 Å². The molecule has 0 bridgehead atoms. The predicted octanol–water partition coefficient (Wildman–Crippen LogP) is -0.495. The highest BCUT2D eigenvalue weighted by atomic mass is 16.3. The van der Waals surface area contributed by atoms with E-state index in [1.54, 1.807) is 0 Å². The number of hydrogen-bond donors (Lipinski definition) is 3. The summed E-state index contributed by atoms with van der Waals surface area (Å²) in [7, 11) is 0. The van der Waals surface area contributed by atoms with E-state index in [0.717, 1.165) is 6.54 Å². The van der Waals surface area contributed by atoms with Gasteiger partial charge in [0.25, 0.3) is 0 Å². The number of allylic oxidation sites excluding steroid dienone is 1. The number of rotatable bonds is 5. The van der Waals surface area contributed by atoms with Crippen LogP contribution in [-0.2, 0) is 0 Å². The summed E-state index contributed by atoms with van der Waals surface area (Å²) >= 11 is 0. The first kappa shape index (κ1) is 9.62. The molecule has 0 spiro atoms. The molecular formula is C7H15NO2. The zero-order valence-corrected chi connectivity index (χ0v) is 6.25. The summed E-state index contributed by atoms with van der Waals surface area (Å²) < 4.78 is 0. The van der Waals surface area contributed by atoms with Crippen LogP contribution < -0.4 is 5.32 Å². The maximum Gasteiger partial charge on any atom is 0.0895 e. The van der Waals surface area contributed by atoms with Crippen molar-refractivity contribution in [3.63, 3.8) is 0 Å². The fourth-order valence-electron chi connectivity index (χ4n) is 0.516. The van der Waals surface area contributed by atoms with Crippen LogP contribution in [0.15, 0.2) is 12.2 Å². The van der Waals surface area contributed by atoms with Gasteiger partial charge < -0.3 is 15.5 Å². The monoisotopic (exact) mass is 145 g/mol. The van der Waals surface area contributed by atoms with E-state index in [-0.39, 0.29) is 6.61 Å². The molecule has 0 aliphatic carbocycles. The van der Waals surface area contributed by atoms with E-state index in [1.807, 2.05) is 19.1 Å². The van der Waals surface area contributed by atoms with Crippen LogP contribution in [0.5, 0.6) is 0 Å². The third-order valence-electron chi connectivity index (χ3n) is 1.09. The van der Waals surface area contributed by atoms with Gasteiger partial charge in [-0.15, -0.1) is 0 Å². The van der Waals surface area contributed by atoms with Crippen LogP contribution in [0.4, 0.5) is 0 Å². The molecule has 3 N–H and O–H groups in total. The highest BCUT2D eigenvalue weighted by Gasteiger charge is 1.97. The molecule has 1 atom stereocenters. The fraction of sp³-hybridized carbons (Fsp3) is 0.714.